The van der Waals surface area contributed by atoms with Gasteiger partial charge < -0.3 is 9.30 Å². The van der Waals surface area contributed by atoms with Crippen molar-refractivity contribution in [2.75, 3.05) is 13.7 Å². The molecule has 0 amide bonds. The van der Waals surface area contributed by atoms with Crippen LogP contribution in [-0.4, -0.2) is 28.1 Å². The molecule has 0 radical (unpaired) electrons. The minimum atomic E-state index is -0.0139. The second-order valence-electron chi connectivity index (χ2n) is 6.82. The maximum absolute atomic E-state index is 12.8. The van der Waals surface area contributed by atoms with E-state index < -0.39 is 0 Å². The highest BCUT2D eigenvalue weighted by Gasteiger charge is 2.27. The lowest BCUT2D eigenvalue weighted by Crippen LogP contribution is -2.30. The molecule has 5 nitrogen and oxygen atoms in total. The molecule has 2 heterocycles. The highest BCUT2D eigenvalue weighted by Crippen LogP contribution is 2.34. The third-order valence-corrected chi connectivity index (χ3v) is 5.25. The number of benzene rings is 2. The van der Waals surface area contributed by atoms with Crippen LogP contribution < -0.4 is 10.3 Å². The molecule has 5 heteroatoms. The van der Waals surface area contributed by atoms with E-state index >= 15 is 0 Å². The number of para-hydroxylation sites is 2. The molecule has 1 fully saturated rings. The first-order chi connectivity index (χ1) is 12.7. The Morgan fingerprint density at radius 3 is 2.88 bits per heavy atom. The molecule has 1 aromatic heterocycles. The number of rotatable bonds is 4. The molecule has 2 aromatic carbocycles. The van der Waals surface area contributed by atoms with Gasteiger partial charge in [0, 0.05) is 19.6 Å². The van der Waals surface area contributed by atoms with E-state index in [4.69, 9.17) is 4.74 Å². The number of methoxy groups -OCH3 is 1. The van der Waals surface area contributed by atoms with Gasteiger partial charge in [-0.25, -0.2) is 4.98 Å². The summed E-state index contributed by atoms with van der Waals surface area (Å²) in [6.45, 7) is 1.54. The molecule has 1 atom stereocenters. The van der Waals surface area contributed by atoms with E-state index in [1.54, 1.807) is 11.7 Å². The number of aryl methyl sites for hydroxylation is 1. The van der Waals surface area contributed by atoms with E-state index in [-0.39, 0.29) is 5.56 Å². The molecule has 0 spiro atoms. The van der Waals surface area contributed by atoms with Gasteiger partial charge in [0.05, 0.1) is 18.1 Å². The summed E-state index contributed by atoms with van der Waals surface area (Å²) in [7, 11) is 3.51. The second-order valence-corrected chi connectivity index (χ2v) is 6.82. The average molecular weight is 349 g/mol. The Hall–Kier alpha value is -2.66. The average Bonchev–Trinajstić information content (AvgIpc) is 3.14. The smallest absolute Gasteiger partial charge is 0.273 e. The number of ether oxygens (including phenoxy) is 1. The summed E-state index contributed by atoms with van der Waals surface area (Å²) in [5.74, 6) is 0.870. The molecule has 0 bridgehead atoms. The second kappa shape index (κ2) is 6.92. The van der Waals surface area contributed by atoms with Crippen LogP contribution in [0.25, 0.3) is 11.0 Å². The summed E-state index contributed by atoms with van der Waals surface area (Å²) in [6.07, 6.45) is 2.21. The molecule has 26 heavy (non-hydrogen) atoms. The topological polar surface area (TPSA) is 47.4 Å². The van der Waals surface area contributed by atoms with Gasteiger partial charge in [-0.2, -0.15) is 0 Å². The van der Waals surface area contributed by atoms with Crippen LogP contribution in [0, 0.1) is 0 Å². The molecule has 0 N–H and O–H groups in total. The highest BCUT2D eigenvalue weighted by atomic mass is 16.5. The summed E-state index contributed by atoms with van der Waals surface area (Å²) < 4.78 is 7.07. The lowest BCUT2D eigenvalue weighted by molar-refractivity contribution is 0.244. The molecule has 1 aliphatic rings. The molecule has 1 aliphatic heterocycles. The van der Waals surface area contributed by atoms with Crippen molar-refractivity contribution >= 4 is 11.0 Å². The predicted octanol–water partition coefficient (Wildman–Crippen LogP) is 3.28. The third kappa shape index (κ3) is 2.99. The number of aromatic nitrogens is 2. The van der Waals surface area contributed by atoms with Gasteiger partial charge in [0.2, 0.25) is 0 Å². The Morgan fingerprint density at radius 2 is 2.04 bits per heavy atom. The number of hydrogen-bond donors (Lipinski definition) is 0. The number of fused-ring (bicyclic) bond motifs is 1. The van der Waals surface area contributed by atoms with Crippen LogP contribution in [-0.2, 0) is 13.6 Å². The molecule has 4 rings (SSSR count). The Morgan fingerprint density at radius 1 is 1.19 bits per heavy atom. The molecule has 0 aliphatic carbocycles. The largest absolute Gasteiger partial charge is 0.497 e. The van der Waals surface area contributed by atoms with Crippen molar-refractivity contribution < 1.29 is 4.74 Å². The van der Waals surface area contributed by atoms with Gasteiger partial charge in [0.15, 0.2) is 0 Å². The molecule has 1 saturated heterocycles. The maximum Gasteiger partial charge on any atom is 0.273 e. The van der Waals surface area contributed by atoms with Crippen molar-refractivity contribution in [3.63, 3.8) is 0 Å². The molecular weight excluding hydrogens is 326 g/mol. The van der Waals surface area contributed by atoms with E-state index in [0.717, 1.165) is 36.2 Å². The zero-order chi connectivity index (χ0) is 18.1. The van der Waals surface area contributed by atoms with E-state index in [9.17, 15) is 4.79 Å². The molecule has 0 saturated carbocycles. The van der Waals surface area contributed by atoms with Crippen molar-refractivity contribution in [1.82, 2.24) is 14.5 Å². The van der Waals surface area contributed by atoms with Gasteiger partial charge in [-0.3, -0.25) is 9.69 Å². The molecule has 3 aromatic rings. The van der Waals surface area contributed by atoms with Crippen LogP contribution in [0.4, 0.5) is 0 Å². The Balaban J connectivity index is 1.67. The van der Waals surface area contributed by atoms with Gasteiger partial charge >= 0.3 is 0 Å². The van der Waals surface area contributed by atoms with Crippen LogP contribution in [0.3, 0.4) is 0 Å². The normalized spacial score (nSPS) is 17.7. The molecule has 1 unspecified atom stereocenters. The van der Waals surface area contributed by atoms with E-state index in [1.165, 1.54) is 5.56 Å². The van der Waals surface area contributed by atoms with Crippen molar-refractivity contribution in [2.24, 2.45) is 7.05 Å². The quantitative estimate of drug-likeness (QED) is 0.725. The van der Waals surface area contributed by atoms with Crippen LogP contribution in [0.2, 0.25) is 0 Å². The summed E-state index contributed by atoms with van der Waals surface area (Å²) in [5.41, 5.74) is 3.56. The zero-order valence-corrected chi connectivity index (χ0v) is 15.2. The molecule has 134 valence electrons. The van der Waals surface area contributed by atoms with Gasteiger partial charge in [-0.1, -0.05) is 24.3 Å². The van der Waals surface area contributed by atoms with Crippen LogP contribution in [0.1, 0.15) is 30.1 Å². The minimum Gasteiger partial charge on any atom is -0.497 e. The Bertz CT molecular complexity index is 996. The fourth-order valence-electron chi connectivity index (χ4n) is 3.88. The van der Waals surface area contributed by atoms with Gasteiger partial charge in [0.1, 0.15) is 11.4 Å². The van der Waals surface area contributed by atoms with Gasteiger partial charge in [-0.15, -0.1) is 0 Å². The Kier molecular flexibility index (Phi) is 4.47. The summed E-state index contributed by atoms with van der Waals surface area (Å²) in [5, 5.41) is 0. The summed E-state index contributed by atoms with van der Waals surface area (Å²) in [4.78, 5) is 19.8. The SMILES string of the molecule is COc1cccc(C2CCCN2Cc2nc3ccccc3n(C)c2=O)c1. The van der Waals surface area contributed by atoms with Crippen molar-refractivity contribution in [2.45, 2.75) is 25.4 Å². The fraction of sp³-hybridized carbons (Fsp3) is 0.333. The first kappa shape index (κ1) is 16.8. The van der Waals surface area contributed by atoms with Crippen molar-refractivity contribution in [1.29, 1.82) is 0 Å². The minimum absolute atomic E-state index is 0.0139. The summed E-state index contributed by atoms with van der Waals surface area (Å²) in [6, 6.07) is 16.3. The zero-order valence-electron chi connectivity index (χ0n) is 15.2. The predicted molar refractivity (Wildman–Crippen MR) is 102 cm³/mol. The first-order valence-corrected chi connectivity index (χ1v) is 9.00. The standard InChI is InChI=1S/C21H23N3O2/c1-23-20-10-4-3-9-17(20)22-18(21(23)25)14-24-12-6-11-19(24)15-7-5-8-16(13-15)26-2/h3-5,7-10,13,19H,6,11-12,14H2,1-2H3. The van der Waals surface area contributed by atoms with Crippen LogP contribution in [0.15, 0.2) is 53.3 Å². The number of nitrogens with zero attached hydrogens (tertiary/aromatic N) is 3. The monoisotopic (exact) mass is 349 g/mol. The Labute approximate surface area is 152 Å². The number of hydrogen-bond acceptors (Lipinski definition) is 4. The van der Waals surface area contributed by atoms with Crippen LogP contribution >= 0.6 is 0 Å². The third-order valence-electron chi connectivity index (χ3n) is 5.25. The van der Waals surface area contributed by atoms with Gasteiger partial charge in [0.25, 0.3) is 5.56 Å². The lowest BCUT2D eigenvalue weighted by atomic mass is 10.0. The lowest BCUT2D eigenvalue weighted by Gasteiger charge is -2.25. The fourth-order valence-corrected chi connectivity index (χ4v) is 3.88. The van der Waals surface area contributed by atoms with E-state index in [0.29, 0.717) is 18.3 Å². The molecular formula is C21H23N3O2. The van der Waals surface area contributed by atoms with E-state index in [2.05, 4.69) is 22.0 Å². The summed E-state index contributed by atoms with van der Waals surface area (Å²) >= 11 is 0. The maximum atomic E-state index is 12.8. The first-order valence-electron chi connectivity index (χ1n) is 9.00. The van der Waals surface area contributed by atoms with Crippen molar-refractivity contribution in [3.05, 3.63) is 70.1 Å². The van der Waals surface area contributed by atoms with Crippen molar-refractivity contribution in [3.8, 4) is 5.75 Å². The van der Waals surface area contributed by atoms with Crippen LogP contribution in [0.5, 0.6) is 5.75 Å². The number of likely N-dealkylation sites (tertiary alicyclic amines) is 1. The highest BCUT2D eigenvalue weighted by molar-refractivity contribution is 5.74. The van der Waals surface area contributed by atoms with Gasteiger partial charge in [-0.05, 0) is 49.2 Å². The van der Waals surface area contributed by atoms with E-state index in [1.807, 2.05) is 43.4 Å².